The van der Waals surface area contributed by atoms with Gasteiger partial charge < -0.3 is 19.7 Å². The Morgan fingerprint density at radius 2 is 1.93 bits per heavy atom. The van der Waals surface area contributed by atoms with E-state index in [4.69, 9.17) is 14.7 Å². The normalized spacial score (nSPS) is 17.6. The number of rotatable bonds is 4. The molecule has 0 saturated carbocycles. The second-order valence-corrected chi connectivity index (χ2v) is 6.55. The first-order valence-corrected chi connectivity index (χ1v) is 8.90. The van der Waals surface area contributed by atoms with Crippen molar-refractivity contribution in [3.63, 3.8) is 0 Å². The molecular weight excluding hydrogens is 374 g/mol. The lowest BCUT2D eigenvalue weighted by Crippen LogP contribution is -2.58. The highest BCUT2D eigenvalue weighted by Crippen LogP contribution is 2.39. The molecule has 29 heavy (non-hydrogen) atoms. The summed E-state index contributed by atoms with van der Waals surface area (Å²) in [5.74, 6) is -1.38. The fourth-order valence-electron chi connectivity index (χ4n) is 2.93. The maximum atomic E-state index is 12.7. The van der Waals surface area contributed by atoms with Gasteiger partial charge in [-0.15, -0.1) is 0 Å². The summed E-state index contributed by atoms with van der Waals surface area (Å²) in [7, 11) is 1.52. The Labute approximate surface area is 167 Å². The number of carbonyl (C=O) groups is 3. The summed E-state index contributed by atoms with van der Waals surface area (Å²) < 4.78 is 10.6. The van der Waals surface area contributed by atoms with Crippen LogP contribution in [0.3, 0.4) is 0 Å². The first-order chi connectivity index (χ1) is 13.8. The van der Waals surface area contributed by atoms with Gasteiger partial charge in [0.05, 0.1) is 23.9 Å². The molecule has 2 aromatic rings. The van der Waals surface area contributed by atoms with Crippen LogP contribution in [0.2, 0.25) is 0 Å². The average molecular weight is 393 g/mol. The second kappa shape index (κ2) is 7.64. The number of carbonyl (C=O) groups excluding carboxylic acids is 3. The predicted molar refractivity (Wildman–Crippen MR) is 105 cm³/mol. The molecule has 2 aromatic carbocycles. The zero-order valence-corrected chi connectivity index (χ0v) is 16.2. The third-order valence-corrected chi connectivity index (χ3v) is 4.55. The van der Waals surface area contributed by atoms with Gasteiger partial charge >= 0.3 is 5.97 Å². The first-order valence-electron chi connectivity index (χ1n) is 8.90. The van der Waals surface area contributed by atoms with Gasteiger partial charge in [-0.3, -0.25) is 9.59 Å². The first kappa shape index (κ1) is 19.9. The van der Waals surface area contributed by atoms with E-state index in [2.05, 4.69) is 5.32 Å². The van der Waals surface area contributed by atoms with E-state index >= 15 is 0 Å². The van der Waals surface area contributed by atoms with Crippen LogP contribution in [0.5, 0.6) is 5.75 Å². The largest absolute Gasteiger partial charge is 0.464 e. The van der Waals surface area contributed by atoms with Gasteiger partial charge in [-0.1, -0.05) is 0 Å². The average Bonchev–Trinajstić information content (AvgIpc) is 2.73. The van der Waals surface area contributed by atoms with Crippen molar-refractivity contribution in [2.24, 2.45) is 0 Å². The van der Waals surface area contributed by atoms with E-state index in [1.54, 1.807) is 49.4 Å². The van der Waals surface area contributed by atoms with Crippen molar-refractivity contribution in [3.8, 4) is 11.8 Å². The number of benzene rings is 2. The SMILES string of the molecule is CCOC(=O)C1(C)Oc2ccc(NC(=O)c3ccc(C#N)cc3)cc2N(C)C1=O. The van der Waals surface area contributed by atoms with Crippen molar-refractivity contribution < 1.29 is 23.9 Å². The Bertz CT molecular complexity index is 1030. The van der Waals surface area contributed by atoms with Crippen LogP contribution in [-0.2, 0) is 14.3 Å². The molecule has 2 amide bonds. The number of nitriles is 1. The van der Waals surface area contributed by atoms with Crippen LogP contribution in [0.1, 0.15) is 29.8 Å². The third-order valence-electron chi connectivity index (χ3n) is 4.55. The molecule has 0 fully saturated rings. The molecule has 1 atom stereocenters. The van der Waals surface area contributed by atoms with Gasteiger partial charge in [-0.25, -0.2) is 4.79 Å². The van der Waals surface area contributed by atoms with Gasteiger partial charge in [0, 0.05) is 18.3 Å². The van der Waals surface area contributed by atoms with Gasteiger partial charge in [0.1, 0.15) is 5.75 Å². The number of likely N-dealkylation sites (N-methyl/N-ethyl adjacent to an activating group) is 1. The molecule has 0 spiro atoms. The standard InChI is InChI=1S/C21H19N3O5/c1-4-28-20(27)21(2)19(26)24(3)16-11-15(9-10-17(16)29-21)23-18(25)14-7-5-13(12-22)6-8-14/h5-11H,4H2,1-3H3,(H,23,25). The van der Waals surface area contributed by atoms with Crippen LogP contribution in [0, 0.1) is 11.3 Å². The van der Waals surface area contributed by atoms with Crippen molar-refractivity contribution in [3.05, 3.63) is 53.6 Å². The van der Waals surface area contributed by atoms with E-state index in [-0.39, 0.29) is 12.5 Å². The number of fused-ring (bicyclic) bond motifs is 1. The molecule has 148 valence electrons. The molecule has 0 aliphatic carbocycles. The number of esters is 1. The lowest BCUT2D eigenvalue weighted by molar-refractivity contribution is -0.166. The summed E-state index contributed by atoms with van der Waals surface area (Å²) in [6.45, 7) is 3.14. The molecule has 1 unspecified atom stereocenters. The molecule has 0 saturated heterocycles. The van der Waals surface area contributed by atoms with E-state index in [0.717, 1.165) is 0 Å². The quantitative estimate of drug-likeness (QED) is 0.631. The molecule has 0 aromatic heterocycles. The fourth-order valence-corrected chi connectivity index (χ4v) is 2.93. The second-order valence-electron chi connectivity index (χ2n) is 6.55. The Kier molecular flexibility index (Phi) is 5.24. The molecule has 0 radical (unpaired) electrons. The lowest BCUT2D eigenvalue weighted by atomic mass is 10.0. The van der Waals surface area contributed by atoms with E-state index in [0.29, 0.717) is 28.3 Å². The van der Waals surface area contributed by atoms with Gasteiger partial charge in [-0.2, -0.15) is 5.26 Å². The summed E-state index contributed by atoms with van der Waals surface area (Å²) >= 11 is 0. The number of ether oxygens (including phenoxy) is 2. The fraction of sp³-hybridized carbons (Fsp3) is 0.238. The highest BCUT2D eigenvalue weighted by molar-refractivity contribution is 6.15. The van der Waals surface area contributed by atoms with Crippen LogP contribution >= 0.6 is 0 Å². The summed E-state index contributed by atoms with van der Waals surface area (Å²) in [4.78, 5) is 38.7. The Balaban J connectivity index is 1.84. The van der Waals surface area contributed by atoms with Gasteiger partial charge in [0.25, 0.3) is 17.4 Å². The summed E-state index contributed by atoms with van der Waals surface area (Å²) in [5.41, 5.74) is -0.0737. The van der Waals surface area contributed by atoms with E-state index in [9.17, 15) is 14.4 Å². The van der Waals surface area contributed by atoms with Gasteiger partial charge in [0.2, 0.25) is 0 Å². The lowest BCUT2D eigenvalue weighted by Gasteiger charge is -2.37. The maximum absolute atomic E-state index is 12.7. The Morgan fingerprint density at radius 3 is 2.55 bits per heavy atom. The predicted octanol–water partition coefficient (Wildman–Crippen LogP) is 2.49. The van der Waals surface area contributed by atoms with Crippen LogP contribution in [0.25, 0.3) is 0 Å². The highest BCUT2D eigenvalue weighted by atomic mass is 16.6. The van der Waals surface area contributed by atoms with Crippen LogP contribution in [-0.4, -0.2) is 37.0 Å². The Morgan fingerprint density at radius 1 is 1.24 bits per heavy atom. The molecule has 1 heterocycles. The number of hydrogen-bond acceptors (Lipinski definition) is 6. The Hall–Kier alpha value is -3.86. The van der Waals surface area contributed by atoms with E-state index < -0.39 is 17.5 Å². The van der Waals surface area contributed by atoms with Crippen molar-refractivity contribution in [1.29, 1.82) is 5.26 Å². The van der Waals surface area contributed by atoms with Crippen molar-refractivity contribution in [2.45, 2.75) is 19.4 Å². The molecule has 0 bridgehead atoms. The molecule has 1 N–H and O–H groups in total. The van der Waals surface area contributed by atoms with Crippen LogP contribution in [0.4, 0.5) is 11.4 Å². The third kappa shape index (κ3) is 3.62. The van der Waals surface area contributed by atoms with E-state index in [1.165, 1.54) is 18.9 Å². The monoisotopic (exact) mass is 393 g/mol. The minimum absolute atomic E-state index is 0.127. The minimum atomic E-state index is -1.77. The topological polar surface area (TPSA) is 109 Å². The number of nitrogens with one attached hydrogen (secondary N) is 1. The molecular formula is C21H19N3O5. The van der Waals surface area contributed by atoms with Crippen LogP contribution in [0.15, 0.2) is 42.5 Å². The van der Waals surface area contributed by atoms with Crippen molar-refractivity contribution >= 4 is 29.2 Å². The smallest absolute Gasteiger partial charge is 0.360 e. The maximum Gasteiger partial charge on any atom is 0.360 e. The number of anilines is 2. The summed E-state index contributed by atoms with van der Waals surface area (Å²) in [6, 6.07) is 13.0. The molecule has 1 aliphatic heterocycles. The zero-order chi connectivity index (χ0) is 21.2. The minimum Gasteiger partial charge on any atom is -0.464 e. The number of amides is 2. The zero-order valence-electron chi connectivity index (χ0n) is 16.2. The van der Waals surface area contributed by atoms with Crippen molar-refractivity contribution in [1.82, 2.24) is 0 Å². The molecule has 8 heteroatoms. The number of nitrogens with zero attached hydrogens (tertiary/aromatic N) is 2. The van der Waals surface area contributed by atoms with E-state index in [1.807, 2.05) is 6.07 Å². The number of hydrogen-bond donors (Lipinski definition) is 1. The van der Waals surface area contributed by atoms with Crippen molar-refractivity contribution in [2.75, 3.05) is 23.9 Å². The molecule has 8 nitrogen and oxygen atoms in total. The van der Waals surface area contributed by atoms with Crippen LogP contribution < -0.4 is 15.0 Å². The summed E-state index contributed by atoms with van der Waals surface area (Å²) in [6.07, 6.45) is 0. The molecule has 1 aliphatic rings. The highest BCUT2D eigenvalue weighted by Gasteiger charge is 2.51. The van der Waals surface area contributed by atoms with Gasteiger partial charge in [0.15, 0.2) is 0 Å². The van der Waals surface area contributed by atoms with Gasteiger partial charge in [-0.05, 0) is 56.3 Å². The summed E-state index contributed by atoms with van der Waals surface area (Å²) in [5, 5.41) is 11.6. The molecule has 3 rings (SSSR count).